The number of pyridine rings is 1. The molecule has 0 spiro atoms. The second-order valence-corrected chi connectivity index (χ2v) is 8.76. The fourth-order valence-electron chi connectivity index (χ4n) is 3.57. The van der Waals surface area contributed by atoms with Gasteiger partial charge in [0.15, 0.2) is 0 Å². The Kier molecular flexibility index (Phi) is 6.98. The molecule has 1 aliphatic heterocycles. The van der Waals surface area contributed by atoms with E-state index in [1.54, 1.807) is 12.3 Å². The predicted molar refractivity (Wildman–Crippen MR) is 107 cm³/mol. The van der Waals surface area contributed by atoms with Gasteiger partial charge in [-0.15, -0.1) is 0 Å². The molecule has 2 amide bonds. The maximum atomic E-state index is 12.6. The highest BCUT2D eigenvalue weighted by atomic mass is 16.2. The Hall–Kier alpha value is -1.95. The van der Waals surface area contributed by atoms with Crippen molar-refractivity contribution in [1.82, 2.24) is 20.1 Å². The molecule has 2 heterocycles. The van der Waals surface area contributed by atoms with Gasteiger partial charge in [-0.2, -0.15) is 0 Å². The lowest BCUT2D eigenvalue weighted by molar-refractivity contribution is -0.131. The normalized spacial score (nSPS) is 16.3. The molecule has 0 saturated carbocycles. The number of aromatic nitrogens is 1. The minimum atomic E-state index is -0.347. The first kappa shape index (κ1) is 21.4. The van der Waals surface area contributed by atoms with Crippen molar-refractivity contribution in [1.29, 1.82) is 0 Å². The monoisotopic (exact) mass is 374 g/mol. The molecule has 1 aromatic heterocycles. The zero-order chi connectivity index (χ0) is 20.1. The molecule has 1 aliphatic rings. The van der Waals surface area contributed by atoms with Crippen LogP contribution in [0.5, 0.6) is 0 Å². The largest absolute Gasteiger partial charge is 0.349 e. The van der Waals surface area contributed by atoms with Crippen molar-refractivity contribution in [2.75, 3.05) is 32.7 Å². The number of amides is 2. The van der Waals surface area contributed by atoms with E-state index in [0.717, 1.165) is 32.5 Å². The molecule has 1 N–H and O–H groups in total. The van der Waals surface area contributed by atoms with E-state index in [2.05, 4.69) is 36.0 Å². The number of piperazine rings is 1. The van der Waals surface area contributed by atoms with E-state index < -0.39 is 0 Å². The van der Waals surface area contributed by atoms with Gasteiger partial charge in [0.25, 0.3) is 5.91 Å². The molecule has 0 aromatic carbocycles. The summed E-state index contributed by atoms with van der Waals surface area (Å²) in [7, 11) is 0. The molecule has 1 saturated heterocycles. The summed E-state index contributed by atoms with van der Waals surface area (Å²) in [6.07, 6.45) is 3.52. The van der Waals surface area contributed by atoms with Crippen LogP contribution in [0.1, 0.15) is 57.9 Å². The first-order valence-electron chi connectivity index (χ1n) is 9.90. The maximum absolute atomic E-state index is 12.6. The van der Waals surface area contributed by atoms with Crippen LogP contribution in [0.25, 0.3) is 0 Å². The van der Waals surface area contributed by atoms with E-state index in [9.17, 15) is 9.59 Å². The van der Waals surface area contributed by atoms with Crippen LogP contribution in [0.3, 0.4) is 0 Å². The molecule has 1 aromatic rings. The van der Waals surface area contributed by atoms with Gasteiger partial charge < -0.3 is 10.2 Å². The van der Waals surface area contributed by atoms with Gasteiger partial charge in [0.1, 0.15) is 5.69 Å². The molecule has 1 fully saturated rings. The smallest absolute Gasteiger partial charge is 0.272 e. The van der Waals surface area contributed by atoms with Gasteiger partial charge in [0.05, 0.1) is 0 Å². The summed E-state index contributed by atoms with van der Waals surface area (Å²) in [6, 6.07) is 5.40. The fraction of sp³-hybridized carbons (Fsp3) is 0.667. The number of carbonyl (C=O) groups excluding carboxylic acids is 2. The summed E-state index contributed by atoms with van der Waals surface area (Å²) < 4.78 is 0. The summed E-state index contributed by atoms with van der Waals surface area (Å²) in [5.41, 5.74) is -0.161. The van der Waals surface area contributed by atoms with Gasteiger partial charge >= 0.3 is 0 Å². The highest BCUT2D eigenvalue weighted by Crippen LogP contribution is 2.23. The first-order valence-corrected chi connectivity index (χ1v) is 9.90. The molecule has 0 aliphatic carbocycles. The molecule has 0 atom stereocenters. The van der Waals surface area contributed by atoms with E-state index in [0.29, 0.717) is 18.8 Å². The second-order valence-electron chi connectivity index (χ2n) is 8.76. The lowest BCUT2D eigenvalue weighted by Crippen LogP contribution is -2.58. The third-order valence-electron chi connectivity index (χ3n) is 5.10. The third kappa shape index (κ3) is 6.03. The fourth-order valence-corrected chi connectivity index (χ4v) is 3.57. The summed E-state index contributed by atoms with van der Waals surface area (Å²) in [4.78, 5) is 33.4. The molecule has 6 heteroatoms. The van der Waals surface area contributed by atoms with Crippen LogP contribution in [0.15, 0.2) is 24.4 Å². The predicted octanol–water partition coefficient (Wildman–Crippen LogP) is 2.56. The number of nitrogens with zero attached hydrogens (tertiary/aromatic N) is 3. The Labute approximate surface area is 163 Å². The quantitative estimate of drug-likeness (QED) is 0.797. The van der Waals surface area contributed by atoms with Crippen molar-refractivity contribution < 1.29 is 9.59 Å². The average molecular weight is 375 g/mol. The summed E-state index contributed by atoms with van der Waals surface area (Å²) in [5.74, 6) is 0.0995. The first-order chi connectivity index (χ1) is 12.6. The number of nitrogens with one attached hydrogen (secondary N) is 1. The van der Waals surface area contributed by atoms with Crippen molar-refractivity contribution in [3.8, 4) is 0 Å². The molecular weight excluding hydrogens is 340 g/mol. The lowest BCUT2D eigenvalue weighted by atomic mass is 9.86. The van der Waals surface area contributed by atoms with Crippen molar-refractivity contribution in [2.45, 2.75) is 53.0 Å². The molecule has 150 valence electrons. The highest BCUT2D eigenvalue weighted by molar-refractivity contribution is 5.92. The van der Waals surface area contributed by atoms with E-state index in [4.69, 9.17) is 0 Å². The van der Waals surface area contributed by atoms with Crippen LogP contribution in [0, 0.1) is 5.41 Å². The van der Waals surface area contributed by atoms with Crippen LogP contribution in [-0.4, -0.2) is 64.9 Å². The average Bonchev–Trinajstić information content (AvgIpc) is 2.61. The third-order valence-corrected chi connectivity index (χ3v) is 5.10. The summed E-state index contributed by atoms with van der Waals surface area (Å²) in [5, 5.41) is 3.22. The molecule has 0 bridgehead atoms. The lowest BCUT2D eigenvalue weighted by Gasteiger charge is -2.40. The van der Waals surface area contributed by atoms with Crippen molar-refractivity contribution >= 4 is 11.8 Å². The van der Waals surface area contributed by atoms with E-state index >= 15 is 0 Å². The van der Waals surface area contributed by atoms with Gasteiger partial charge in [-0.1, -0.05) is 33.3 Å². The molecule has 2 rings (SSSR count). The zero-order valence-electron chi connectivity index (χ0n) is 17.4. The molecule has 0 radical (unpaired) electrons. The Morgan fingerprint density at radius 1 is 1.11 bits per heavy atom. The zero-order valence-corrected chi connectivity index (χ0v) is 17.4. The SMILES string of the molecule is CCCC(C)(C)C(=O)NC(C)(C)CN1CCN(C(=O)c2ccccn2)CC1. The van der Waals surface area contributed by atoms with Gasteiger partial charge in [-0.25, -0.2) is 0 Å². The standard InChI is InChI=1S/C21H34N4O2/c1-6-10-20(2,3)19(27)23-21(4,5)16-24-12-14-25(15-13-24)18(26)17-9-7-8-11-22-17/h7-9,11H,6,10,12-16H2,1-5H3,(H,23,27). The number of carbonyl (C=O) groups is 2. The Morgan fingerprint density at radius 3 is 2.33 bits per heavy atom. The van der Waals surface area contributed by atoms with Gasteiger partial charge in [0, 0.05) is 49.9 Å². The number of hydrogen-bond acceptors (Lipinski definition) is 4. The minimum Gasteiger partial charge on any atom is -0.349 e. The molecule has 0 unspecified atom stereocenters. The van der Waals surface area contributed by atoms with Crippen LogP contribution in [-0.2, 0) is 4.79 Å². The van der Waals surface area contributed by atoms with Gasteiger partial charge in [-0.3, -0.25) is 19.5 Å². The van der Waals surface area contributed by atoms with Crippen molar-refractivity contribution in [2.24, 2.45) is 5.41 Å². The molecule has 27 heavy (non-hydrogen) atoms. The van der Waals surface area contributed by atoms with Crippen molar-refractivity contribution in [3.63, 3.8) is 0 Å². The van der Waals surface area contributed by atoms with Crippen LogP contribution in [0.4, 0.5) is 0 Å². The summed E-state index contributed by atoms with van der Waals surface area (Å²) >= 11 is 0. The Bertz CT molecular complexity index is 635. The summed E-state index contributed by atoms with van der Waals surface area (Å²) in [6.45, 7) is 14.0. The van der Waals surface area contributed by atoms with E-state index in [1.807, 2.05) is 30.9 Å². The van der Waals surface area contributed by atoms with E-state index in [-0.39, 0.29) is 22.8 Å². The highest BCUT2D eigenvalue weighted by Gasteiger charge is 2.33. The minimum absolute atomic E-state index is 0.0101. The second kappa shape index (κ2) is 8.83. The number of hydrogen-bond donors (Lipinski definition) is 1. The van der Waals surface area contributed by atoms with Crippen LogP contribution < -0.4 is 5.32 Å². The number of rotatable bonds is 7. The van der Waals surface area contributed by atoms with E-state index in [1.165, 1.54) is 0 Å². The van der Waals surface area contributed by atoms with Gasteiger partial charge in [0.2, 0.25) is 5.91 Å². The Balaban J connectivity index is 1.85. The van der Waals surface area contributed by atoms with Crippen LogP contribution in [0.2, 0.25) is 0 Å². The van der Waals surface area contributed by atoms with Crippen molar-refractivity contribution in [3.05, 3.63) is 30.1 Å². The Morgan fingerprint density at radius 2 is 1.78 bits per heavy atom. The maximum Gasteiger partial charge on any atom is 0.272 e. The molecule has 6 nitrogen and oxygen atoms in total. The van der Waals surface area contributed by atoms with Crippen LogP contribution >= 0.6 is 0 Å². The van der Waals surface area contributed by atoms with Gasteiger partial charge in [-0.05, 0) is 32.4 Å². The molecular formula is C21H34N4O2. The topological polar surface area (TPSA) is 65.5 Å².